The minimum absolute atomic E-state index is 0.0429. The van der Waals surface area contributed by atoms with E-state index in [9.17, 15) is 14.7 Å². The molecule has 2 aliphatic rings. The summed E-state index contributed by atoms with van der Waals surface area (Å²) in [7, 11) is 0. The molecule has 0 aliphatic carbocycles. The Balaban J connectivity index is 1.95. The number of ether oxygens (including phenoxy) is 1. The third-order valence-electron chi connectivity index (χ3n) is 4.33. The summed E-state index contributed by atoms with van der Waals surface area (Å²) in [6.45, 7) is 6.13. The number of nitrogens with one attached hydrogen (secondary N) is 1. The molecule has 7 heteroatoms. The lowest BCUT2D eigenvalue weighted by atomic mass is 9.82. The van der Waals surface area contributed by atoms with Crippen molar-refractivity contribution in [2.75, 3.05) is 25.5 Å². The largest absolute Gasteiger partial charge is 0.480 e. The fraction of sp³-hybridized carbons (Fsp3) is 0.857. The van der Waals surface area contributed by atoms with Gasteiger partial charge in [0.25, 0.3) is 0 Å². The molecule has 2 unspecified atom stereocenters. The SMILES string of the molecule is CCC1SCC(C(=O)O)N1C(=O)NCC1(C)CCOCC1. The number of urea groups is 1. The third kappa shape index (κ3) is 3.83. The van der Waals surface area contributed by atoms with Gasteiger partial charge in [-0.05, 0) is 24.7 Å². The van der Waals surface area contributed by atoms with Gasteiger partial charge >= 0.3 is 12.0 Å². The molecule has 2 fully saturated rings. The Labute approximate surface area is 129 Å². The number of carbonyl (C=O) groups is 2. The van der Waals surface area contributed by atoms with E-state index in [-0.39, 0.29) is 16.8 Å². The quantitative estimate of drug-likeness (QED) is 0.826. The first kappa shape index (κ1) is 16.4. The minimum Gasteiger partial charge on any atom is -0.480 e. The number of amides is 2. The second-order valence-electron chi connectivity index (χ2n) is 6.04. The molecule has 2 aliphatic heterocycles. The van der Waals surface area contributed by atoms with E-state index in [1.807, 2.05) is 6.92 Å². The van der Waals surface area contributed by atoms with Crippen LogP contribution in [0.15, 0.2) is 0 Å². The standard InChI is InChI=1S/C14H24N2O4S/c1-3-11-16(10(8-21-11)12(17)18)13(19)15-9-14(2)4-6-20-7-5-14/h10-11H,3-9H2,1-2H3,(H,15,19)(H,17,18). The molecule has 0 aromatic rings. The van der Waals surface area contributed by atoms with Gasteiger partial charge in [-0.15, -0.1) is 11.8 Å². The molecule has 0 bridgehead atoms. The zero-order valence-corrected chi connectivity index (χ0v) is 13.4. The molecule has 6 nitrogen and oxygen atoms in total. The van der Waals surface area contributed by atoms with Crippen LogP contribution in [-0.4, -0.2) is 58.9 Å². The van der Waals surface area contributed by atoms with Gasteiger partial charge in [0.2, 0.25) is 0 Å². The molecule has 120 valence electrons. The van der Waals surface area contributed by atoms with E-state index in [4.69, 9.17) is 4.74 Å². The van der Waals surface area contributed by atoms with Crippen LogP contribution in [0.3, 0.4) is 0 Å². The molecule has 0 aromatic heterocycles. The van der Waals surface area contributed by atoms with Crippen LogP contribution in [0.4, 0.5) is 4.79 Å². The molecule has 0 aromatic carbocycles. The Morgan fingerprint density at radius 1 is 1.43 bits per heavy atom. The molecular weight excluding hydrogens is 292 g/mol. The number of hydrogen-bond donors (Lipinski definition) is 2. The average molecular weight is 316 g/mol. The summed E-state index contributed by atoms with van der Waals surface area (Å²) in [4.78, 5) is 25.2. The molecule has 2 atom stereocenters. The van der Waals surface area contributed by atoms with Crippen LogP contribution < -0.4 is 5.32 Å². The highest BCUT2D eigenvalue weighted by Gasteiger charge is 2.41. The maximum absolute atomic E-state index is 12.4. The monoisotopic (exact) mass is 316 g/mol. The summed E-state index contributed by atoms with van der Waals surface area (Å²) in [6.07, 6.45) is 2.59. The van der Waals surface area contributed by atoms with Gasteiger partial charge in [-0.1, -0.05) is 13.8 Å². The van der Waals surface area contributed by atoms with Crippen molar-refractivity contribution in [1.29, 1.82) is 0 Å². The second-order valence-corrected chi connectivity index (χ2v) is 7.25. The van der Waals surface area contributed by atoms with E-state index in [0.717, 1.165) is 32.5 Å². The van der Waals surface area contributed by atoms with Crippen molar-refractivity contribution in [3.63, 3.8) is 0 Å². The van der Waals surface area contributed by atoms with Crippen molar-refractivity contribution >= 4 is 23.8 Å². The Kier molecular flexibility index (Phi) is 5.37. The Bertz CT molecular complexity index is 398. The van der Waals surface area contributed by atoms with Crippen molar-refractivity contribution in [1.82, 2.24) is 10.2 Å². The highest BCUT2D eigenvalue weighted by Crippen LogP contribution is 2.32. The lowest BCUT2D eigenvalue weighted by Crippen LogP contribution is -2.52. The fourth-order valence-electron chi connectivity index (χ4n) is 2.76. The van der Waals surface area contributed by atoms with Gasteiger partial charge in [0.05, 0.1) is 5.37 Å². The number of nitrogens with zero attached hydrogens (tertiary/aromatic N) is 1. The molecule has 0 spiro atoms. The van der Waals surface area contributed by atoms with Gasteiger partial charge in [-0.3, -0.25) is 4.90 Å². The van der Waals surface area contributed by atoms with Gasteiger partial charge in [0.15, 0.2) is 0 Å². The summed E-state index contributed by atoms with van der Waals surface area (Å²) >= 11 is 1.54. The molecule has 2 N–H and O–H groups in total. The van der Waals surface area contributed by atoms with Crippen LogP contribution in [0.2, 0.25) is 0 Å². The molecule has 0 radical (unpaired) electrons. The summed E-state index contributed by atoms with van der Waals surface area (Å²) in [5.74, 6) is -0.460. The number of thioether (sulfide) groups is 1. The highest BCUT2D eigenvalue weighted by atomic mass is 32.2. The van der Waals surface area contributed by atoms with E-state index >= 15 is 0 Å². The van der Waals surface area contributed by atoms with E-state index in [2.05, 4.69) is 12.2 Å². The molecular formula is C14H24N2O4S. The van der Waals surface area contributed by atoms with Crippen LogP contribution >= 0.6 is 11.8 Å². The number of carboxylic acid groups (broad SMARTS) is 1. The van der Waals surface area contributed by atoms with Crippen molar-refractivity contribution in [3.8, 4) is 0 Å². The van der Waals surface area contributed by atoms with Gasteiger partial charge in [-0.2, -0.15) is 0 Å². The lowest BCUT2D eigenvalue weighted by Gasteiger charge is -2.35. The van der Waals surface area contributed by atoms with Gasteiger partial charge < -0.3 is 15.2 Å². The molecule has 0 saturated carbocycles. The van der Waals surface area contributed by atoms with Crippen molar-refractivity contribution in [2.24, 2.45) is 5.41 Å². The minimum atomic E-state index is -0.925. The molecule has 2 rings (SSSR count). The van der Waals surface area contributed by atoms with Gasteiger partial charge in [-0.25, -0.2) is 9.59 Å². The van der Waals surface area contributed by atoms with Crippen LogP contribution in [0.25, 0.3) is 0 Å². The maximum atomic E-state index is 12.4. The predicted octanol–water partition coefficient (Wildman–Crippen LogP) is 1.75. The fourth-order valence-corrected chi connectivity index (χ4v) is 4.11. The normalized spacial score (nSPS) is 28.4. The van der Waals surface area contributed by atoms with E-state index in [1.165, 1.54) is 4.90 Å². The molecule has 2 heterocycles. The molecule has 2 saturated heterocycles. The number of rotatable bonds is 4. The first-order valence-corrected chi connectivity index (χ1v) is 8.50. The highest BCUT2D eigenvalue weighted by molar-refractivity contribution is 8.00. The first-order chi connectivity index (χ1) is 9.97. The van der Waals surface area contributed by atoms with Crippen LogP contribution in [0.1, 0.15) is 33.1 Å². The topological polar surface area (TPSA) is 78.9 Å². The number of aliphatic carboxylic acids is 1. The second kappa shape index (κ2) is 6.87. The van der Waals surface area contributed by atoms with E-state index in [0.29, 0.717) is 12.3 Å². The Hall–Kier alpha value is -0.950. The van der Waals surface area contributed by atoms with Gasteiger partial charge in [0.1, 0.15) is 6.04 Å². The van der Waals surface area contributed by atoms with Crippen molar-refractivity contribution in [3.05, 3.63) is 0 Å². The number of carboxylic acids is 1. The van der Waals surface area contributed by atoms with Crippen molar-refractivity contribution in [2.45, 2.75) is 44.5 Å². The predicted molar refractivity (Wildman–Crippen MR) is 81.4 cm³/mol. The summed E-state index contributed by atoms with van der Waals surface area (Å²) in [6, 6.07) is -0.977. The summed E-state index contributed by atoms with van der Waals surface area (Å²) in [5, 5.41) is 12.2. The third-order valence-corrected chi connectivity index (χ3v) is 5.78. The molecule has 2 amide bonds. The number of carbonyl (C=O) groups excluding carboxylic acids is 1. The number of hydrogen-bond acceptors (Lipinski definition) is 4. The van der Waals surface area contributed by atoms with E-state index < -0.39 is 12.0 Å². The van der Waals surface area contributed by atoms with E-state index in [1.54, 1.807) is 11.8 Å². The van der Waals surface area contributed by atoms with Crippen LogP contribution in [-0.2, 0) is 9.53 Å². The summed E-state index contributed by atoms with van der Waals surface area (Å²) in [5.41, 5.74) is 0.0429. The van der Waals surface area contributed by atoms with Crippen LogP contribution in [0, 0.1) is 5.41 Å². The zero-order valence-electron chi connectivity index (χ0n) is 12.6. The Morgan fingerprint density at radius 2 is 2.10 bits per heavy atom. The zero-order chi connectivity index (χ0) is 15.5. The average Bonchev–Trinajstić information content (AvgIpc) is 2.90. The maximum Gasteiger partial charge on any atom is 0.327 e. The first-order valence-electron chi connectivity index (χ1n) is 7.45. The lowest BCUT2D eigenvalue weighted by molar-refractivity contribution is -0.141. The summed E-state index contributed by atoms with van der Waals surface area (Å²) < 4.78 is 5.35. The smallest absolute Gasteiger partial charge is 0.327 e. The Morgan fingerprint density at radius 3 is 2.67 bits per heavy atom. The van der Waals surface area contributed by atoms with Crippen LogP contribution in [0.5, 0.6) is 0 Å². The van der Waals surface area contributed by atoms with Crippen molar-refractivity contribution < 1.29 is 19.4 Å². The van der Waals surface area contributed by atoms with Gasteiger partial charge in [0, 0.05) is 25.5 Å². The molecule has 21 heavy (non-hydrogen) atoms.